The van der Waals surface area contributed by atoms with Crippen LogP contribution in [0, 0.1) is 0 Å². The zero-order chi connectivity index (χ0) is 17.3. The minimum absolute atomic E-state index is 0.270. The van der Waals surface area contributed by atoms with Crippen molar-refractivity contribution < 1.29 is 24.3 Å². The Morgan fingerprint density at radius 1 is 0.917 bits per heavy atom. The van der Waals surface area contributed by atoms with Gasteiger partial charge in [-0.1, -0.05) is 18.2 Å². The highest BCUT2D eigenvalue weighted by Crippen LogP contribution is 2.36. The third-order valence-corrected chi connectivity index (χ3v) is 4.01. The number of rotatable bonds is 0. The topological polar surface area (TPSA) is 128 Å². The van der Waals surface area contributed by atoms with Gasteiger partial charge in [-0.3, -0.25) is 24.1 Å². The van der Waals surface area contributed by atoms with Crippen LogP contribution >= 0.6 is 0 Å². The molecule has 2 aliphatic rings. The van der Waals surface area contributed by atoms with Crippen LogP contribution in [0.3, 0.4) is 0 Å². The van der Waals surface area contributed by atoms with Crippen molar-refractivity contribution in [3.05, 3.63) is 35.4 Å². The number of β-amino-alcohol motifs (C(OH)–C–C–N with tert-alkyl or cyclic N) is 1. The number of amides is 4. The van der Waals surface area contributed by atoms with E-state index in [0.717, 1.165) is 4.90 Å². The van der Waals surface area contributed by atoms with E-state index in [1.54, 1.807) is 24.3 Å². The number of hydrogen-bond acceptors (Lipinski definition) is 5. The lowest BCUT2D eigenvalue weighted by atomic mass is 10.0. The number of fused-ring (bicyclic) bond motifs is 3. The standard InChI is InChI=1S/C15H16N4O5/c20-11-5-17-13(22)7-19-14(23)9-3-1-2-4-10(9)15(19,24)8-18-12(21)6-16-11/h1-4,24H,5-8H2,(H,16,20)(H,17,22)(H,18,21). The van der Waals surface area contributed by atoms with E-state index in [4.69, 9.17) is 0 Å². The predicted octanol–water partition coefficient (Wildman–Crippen LogP) is -2.35. The zero-order valence-corrected chi connectivity index (χ0v) is 12.7. The Morgan fingerprint density at radius 2 is 1.54 bits per heavy atom. The maximum Gasteiger partial charge on any atom is 0.257 e. The molecule has 0 saturated carbocycles. The molecule has 0 aliphatic carbocycles. The molecule has 2 aliphatic heterocycles. The third-order valence-electron chi connectivity index (χ3n) is 4.01. The van der Waals surface area contributed by atoms with Gasteiger partial charge in [0.25, 0.3) is 5.91 Å². The van der Waals surface area contributed by atoms with Crippen LogP contribution in [0.2, 0.25) is 0 Å². The molecule has 0 spiro atoms. The number of benzene rings is 1. The lowest BCUT2D eigenvalue weighted by molar-refractivity contribution is -0.136. The Morgan fingerprint density at radius 3 is 2.29 bits per heavy atom. The normalized spacial score (nSPS) is 24.8. The summed E-state index contributed by atoms with van der Waals surface area (Å²) in [6, 6.07) is 6.43. The number of aliphatic hydroxyl groups is 1. The average molecular weight is 332 g/mol. The SMILES string of the molecule is O=C1CNC(=O)CN2C(=O)c3ccccc3C2(O)CNC(=O)CN1. The highest BCUT2D eigenvalue weighted by molar-refractivity contribution is 6.02. The van der Waals surface area contributed by atoms with Gasteiger partial charge in [-0.05, 0) is 6.07 Å². The van der Waals surface area contributed by atoms with Gasteiger partial charge in [-0.15, -0.1) is 0 Å². The fourth-order valence-electron chi connectivity index (χ4n) is 2.77. The second-order valence-corrected chi connectivity index (χ2v) is 5.58. The Labute approximate surface area is 137 Å². The zero-order valence-electron chi connectivity index (χ0n) is 12.7. The van der Waals surface area contributed by atoms with E-state index >= 15 is 0 Å². The summed E-state index contributed by atoms with van der Waals surface area (Å²) in [5.41, 5.74) is -1.24. The first-order valence-electron chi connectivity index (χ1n) is 7.36. The van der Waals surface area contributed by atoms with Gasteiger partial charge in [-0.2, -0.15) is 0 Å². The van der Waals surface area contributed by atoms with Crippen LogP contribution in [0.4, 0.5) is 0 Å². The number of carbonyl (C=O) groups excluding carboxylic acids is 4. The Balaban J connectivity index is 1.96. The van der Waals surface area contributed by atoms with E-state index in [9.17, 15) is 24.3 Å². The molecule has 4 amide bonds. The molecule has 0 bridgehead atoms. The van der Waals surface area contributed by atoms with E-state index in [1.165, 1.54) is 0 Å². The van der Waals surface area contributed by atoms with E-state index < -0.39 is 35.9 Å². The van der Waals surface area contributed by atoms with Gasteiger partial charge in [0.15, 0.2) is 5.72 Å². The lowest BCUT2D eigenvalue weighted by Gasteiger charge is -2.34. The van der Waals surface area contributed by atoms with E-state index in [2.05, 4.69) is 16.0 Å². The Bertz CT molecular complexity index is 734. The second-order valence-electron chi connectivity index (χ2n) is 5.58. The third kappa shape index (κ3) is 2.69. The van der Waals surface area contributed by atoms with Gasteiger partial charge >= 0.3 is 0 Å². The lowest BCUT2D eigenvalue weighted by Crippen LogP contribution is -2.56. The first-order valence-corrected chi connectivity index (χ1v) is 7.36. The first-order chi connectivity index (χ1) is 11.4. The summed E-state index contributed by atoms with van der Waals surface area (Å²) in [6.45, 7) is -1.34. The smallest absolute Gasteiger partial charge is 0.257 e. The summed E-state index contributed by atoms with van der Waals surface area (Å²) in [6.07, 6.45) is 0. The maximum absolute atomic E-state index is 12.5. The van der Waals surface area contributed by atoms with E-state index in [-0.39, 0.29) is 25.2 Å². The van der Waals surface area contributed by atoms with Gasteiger partial charge in [0, 0.05) is 11.1 Å². The van der Waals surface area contributed by atoms with Crippen LogP contribution in [0.25, 0.3) is 0 Å². The Kier molecular flexibility index (Phi) is 3.94. The molecule has 1 saturated heterocycles. The molecule has 1 aromatic carbocycles. The molecular formula is C15H16N4O5. The van der Waals surface area contributed by atoms with E-state index in [0.29, 0.717) is 5.56 Å². The van der Waals surface area contributed by atoms with Crippen LogP contribution in [-0.4, -0.2) is 59.8 Å². The number of nitrogens with one attached hydrogen (secondary N) is 3. The summed E-state index contributed by atoms with van der Waals surface area (Å²) >= 11 is 0. The van der Waals surface area contributed by atoms with Crippen molar-refractivity contribution >= 4 is 23.6 Å². The predicted molar refractivity (Wildman–Crippen MR) is 80.4 cm³/mol. The van der Waals surface area contributed by atoms with Crippen molar-refractivity contribution in [2.75, 3.05) is 26.2 Å². The number of carbonyl (C=O) groups is 4. The average Bonchev–Trinajstić information content (AvgIpc) is 2.78. The van der Waals surface area contributed by atoms with Crippen LogP contribution in [0.1, 0.15) is 15.9 Å². The summed E-state index contributed by atoms with van der Waals surface area (Å²) in [5.74, 6) is -2.14. The van der Waals surface area contributed by atoms with Gasteiger partial charge in [-0.25, -0.2) is 0 Å². The van der Waals surface area contributed by atoms with Crippen LogP contribution in [0.5, 0.6) is 0 Å². The molecule has 24 heavy (non-hydrogen) atoms. The second kappa shape index (κ2) is 5.93. The number of nitrogens with zero attached hydrogens (tertiary/aromatic N) is 1. The van der Waals surface area contributed by atoms with Crippen LogP contribution < -0.4 is 16.0 Å². The van der Waals surface area contributed by atoms with Gasteiger partial charge in [0.2, 0.25) is 17.7 Å². The molecule has 0 aromatic heterocycles. The quantitative estimate of drug-likeness (QED) is 0.423. The van der Waals surface area contributed by atoms with Crippen molar-refractivity contribution in [2.45, 2.75) is 5.72 Å². The summed E-state index contributed by atoms with van der Waals surface area (Å²) in [4.78, 5) is 48.8. The van der Waals surface area contributed by atoms with Crippen molar-refractivity contribution in [1.29, 1.82) is 0 Å². The highest BCUT2D eigenvalue weighted by Gasteiger charge is 2.49. The minimum atomic E-state index is -1.83. The number of hydrogen-bond donors (Lipinski definition) is 4. The minimum Gasteiger partial charge on any atom is -0.365 e. The van der Waals surface area contributed by atoms with Crippen LogP contribution in [-0.2, 0) is 20.1 Å². The first kappa shape index (κ1) is 15.9. The molecule has 0 radical (unpaired) electrons. The molecule has 126 valence electrons. The largest absolute Gasteiger partial charge is 0.365 e. The van der Waals surface area contributed by atoms with Crippen molar-refractivity contribution in [1.82, 2.24) is 20.9 Å². The van der Waals surface area contributed by atoms with Crippen molar-refractivity contribution in [3.63, 3.8) is 0 Å². The molecule has 1 fully saturated rings. The van der Waals surface area contributed by atoms with Gasteiger partial charge < -0.3 is 21.1 Å². The van der Waals surface area contributed by atoms with Crippen molar-refractivity contribution in [2.24, 2.45) is 0 Å². The summed E-state index contributed by atoms with van der Waals surface area (Å²) in [5, 5.41) is 18.2. The Hall–Kier alpha value is -2.94. The van der Waals surface area contributed by atoms with Gasteiger partial charge in [0.05, 0.1) is 19.6 Å². The molecule has 1 unspecified atom stereocenters. The molecule has 9 heteroatoms. The molecule has 1 atom stereocenters. The molecule has 4 N–H and O–H groups in total. The monoisotopic (exact) mass is 332 g/mol. The molecule has 2 heterocycles. The summed E-state index contributed by atoms with van der Waals surface area (Å²) < 4.78 is 0. The fraction of sp³-hybridized carbons (Fsp3) is 0.333. The maximum atomic E-state index is 12.5. The van der Waals surface area contributed by atoms with Crippen molar-refractivity contribution in [3.8, 4) is 0 Å². The molecule has 3 rings (SSSR count). The molecule has 1 aromatic rings. The van der Waals surface area contributed by atoms with E-state index in [1.807, 2.05) is 0 Å². The molecule has 9 nitrogen and oxygen atoms in total. The van der Waals surface area contributed by atoms with Gasteiger partial charge in [0.1, 0.15) is 6.54 Å². The highest BCUT2D eigenvalue weighted by atomic mass is 16.3. The summed E-state index contributed by atoms with van der Waals surface area (Å²) in [7, 11) is 0. The fourth-order valence-corrected chi connectivity index (χ4v) is 2.77. The van der Waals surface area contributed by atoms with Crippen LogP contribution in [0.15, 0.2) is 24.3 Å². The molecular weight excluding hydrogens is 316 g/mol.